The molecule has 1 unspecified atom stereocenters. The van der Waals surface area contributed by atoms with Crippen LogP contribution in [0.5, 0.6) is 0 Å². The maximum atomic E-state index is 14.3. The number of hydrogen-bond acceptors (Lipinski definition) is 3. The number of amides is 2. The lowest BCUT2D eigenvalue weighted by Gasteiger charge is -2.48. The summed E-state index contributed by atoms with van der Waals surface area (Å²) in [5, 5.41) is 21.5. The van der Waals surface area contributed by atoms with Gasteiger partial charge in [-0.3, -0.25) is 4.79 Å². The van der Waals surface area contributed by atoms with Crippen LogP contribution in [0.15, 0.2) is 12.1 Å². The molecule has 0 spiro atoms. The molecule has 25 heavy (non-hydrogen) atoms. The summed E-state index contributed by atoms with van der Waals surface area (Å²) in [7, 11) is 0. The zero-order valence-corrected chi connectivity index (χ0v) is 14.5. The molecule has 1 aromatic carbocycles. The largest absolute Gasteiger partial charge is 0.465 e. The van der Waals surface area contributed by atoms with Gasteiger partial charge in [0.1, 0.15) is 23.8 Å². The molecule has 0 saturated carbocycles. The molecule has 3 N–H and O–H groups in total. The van der Waals surface area contributed by atoms with Crippen LogP contribution in [0.2, 0.25) is 5.02 Å². The molecule has 0 bridgehead atoms. The molecule has 138 valence electrons. The van der Waals surface area contributed by atoms with Crippen molar-refractivity contribution in [3.05, 3.63) is 34.4 Å². The molecule has 3 atom stereocenters. The monoisotopic (exact) mass is 376 g/mol. The molecule has 1 fully saturated rings. The molecular formula is C16H19ClF2N2O4. The van der Waals surface area contributed by atoms with E-state index in [1.165, 1.54) is 4.90 Å². The lowest BCUT2D eigenvalue weighted by molar-refractivity contribution is -0.149. The first-order chi connectivity index (χ1) is 11.6. The third-order valence-electron chi connectivity index (χ3n) is 4.64. The standard InChI is InChI=1S/C16H19ClF2N2O4/c1-8-6-21(13(22)5-20-15(23)24)7-9(2)16(8,25)14-11(18)3-10(17)4-12(14)19/h3-4,8-9,20,25H,5-7H2,1-2H3,(H,23,24)/t8-,9+,16?. The second kappa shape index (κ2) is 7.13. The van der Waals surface area contributed by atoms with Crippen molar-refractivity contribution >= 4 is 23.6 Å². The Morgan fingerprint density at radius 2 is 1.76 bits per heavy atom. The van der Waals surface area contributed by atoms with Crippen molar-refractivity contribution < 1.29 is 28.6 Å². The molecule has 2 rings (SSSR count). The summed E-state index contributed by atoms with van der Waals surface area (Å²) in [6.45, 7) is 2.81. The molecule has 6 nitrogen and oxygen atoms in total. The Bertz CT molecular complexity index is 666. The smallest absolute Gasteiger partial charge is 0.405 e. The van der Waals surface area contributed by atoms with Crippen molar-refractivity contribution in [2.75, 3.05) is 19.6 Å². The van der Waals surface area contributed by atoms with Crippen molar-refractivity contribution in [3.8, 4) is 0 Å². The first kappa shape index (κ1) is 19.4. The second-order valence-electron chi connectivity index (χ2n) is 6.33. The highest BCUT2D eigenvalue weighted by molar-refractivity contribution is 6.30. The molecular weight excluding hydrogens is 358 g/mol. The van der Waals surface area contributed by atoms with Crippen molar-refractivity contribution in [3.63, 3.8) is 0 Å². The lowest BCUT2D eigenvalue weighted by atomic mass is 9.70. The number of aliphatic hydroxyl groups is 1. The number of halogens is 3. The van der Waals surface area contributed by atoms with E-state index in [0.717, 1.165) is 12.1 Å². The number of likely N-dealkylation sites (tertiary alicyclic amines) is 1. The van der Waals surface area contributed by atoms with Gasteiger partial charge in [0.25, 0.3) is 0 Å². The van der Waals surface area contributed by atoms with Crippen LogP contribution in [0.4, 0.5) is 13.6 Å². The summed E-state index contributed by atoms with van der Waals surface area (Å²) < 4.78 is 28.6. The highest BCUT2D eigenvalue weighted by atomic mass is 35.5. The van der Waals surface area contributed by atoms with Gasteiger partial charge in [-0.05, 0) is 12.1 Å². The fourth-order valence-electron chi connectivity index (χ4n) is 3.38. The van der Waals surface area contributed by atoms with Gasteiger partial charge >= 0.3 is 6.09 Å². The van der Waals surface area contributed by atoms with Crippen LogP contribution in [0.1, 0.15) is 19.4 Å². The maximum Gasteiger partial charge on any atom is 0.405 e. The van der Waals surface area contributed by atoms with Crippen LogP contribution >= 0.6 is 11.6 Å². The second-order valence-corrected chi connectivity index (χ2v) is 6.77. The Morgan fingerprint density at radius 1 is 1.28 bits per heavy atom. The molecule has 0 aliphatic carbocycles. The third kappa shape index (κ3) is 3.69. The van der Waals surface area contributed by atoms with E-state index in [2.05, 4.69) is 0 Å². The first-order valence-electron chi connectivity index (χ1n) is 7.69. The van der Waals surface area contributed by atoms with E-state index in [1.807, 2.05) is 5.32 Å². The summed E-state index contributed by atoms with van der Waals surface area (Å²) in [5.74, 6) is -3.73. The third-order valence-corrected chi connectivity index (χ3v) is 4.86. The van der Waals surface area contributed by atoms with Gasteiger partial charge in [-0.1, -0.05) is 25.4 Å². The summed E-state index contributed by atoms with van der Waals surface area (Å²) >= 11 is 5.63. The van der Waals surface area contributed by atoms with E-state index in [1.54, 1.807) is 13.8 Å². The topological polar surface area (TPSA) is 89.9 Å². The Hall–Kier alpha value is -1.93. The number of nitrogens with one attached hydrogen (secondary N) is 1. The fourth-order valence-corrected chi connectivity index (χ4v) is 3.58. The minimum atomic E-state index is -1.82. The van der Waals surface area contributed by atoms with Crippen LogP contribution in [-0.4, -0.2) is 46.7 Å². The highest BCUT2D eigenvalue weighted by Crippen LogP contribution is 2.43. The average molecular weight is 377 g/mol. The Kier molecular flexibility index (Phi) is 5.53. The first-order valence-corrected chi connectivity index (χ1v) is 8.07. The van der Waals surface area contributed by atoms with Gasteiger partial charge < -0.3 is 20.4 Å². The number of carboxylic acid groups (broad SMARTS) is 1. The normalized spacial score (nSPS) is 26.4. The predicted octanol–water partition coefficient (Wildman–Crippen LogP) is 2.19. The number of carbonyl (C=O) groups excluding carboxylic acids is 1. The molecule has 2 amide bonds. The van der Waals surface area contributed by atoms with E-state index in [-0.39, 0.29) is 18.1 Å². The van der Waals surface area contributed by atoms with Crippen molar-refractivity contribution in [1.82, 2.24) is 10.2 Å². The van der Waals surface area contributed by atoms with Gasteiger partial charge in [0, 0.05) is 29.9 Å². The number of rotatable bonds is 3. The lowest BCUT2D eigenvalue weighted by Crippen LogP contribution is -2.57. The molecule has 0 aromatic heterocycles. The number of hydrogen-bond donors (Lipinski definition) is 3. The maximum absolute atomic E-state index is 14.3. The highest BCUT2D eigenvalue weighted by Gasteiger charge is 2.49. The van der Waals surface area contributed by atoms with E-state index >= 15 is 0 Å². The van der Waals surface area contributed by atoms with Crippen LogP contribution in [-0.2, 0) is 10.4 Å². The number of piperidine rings is 1. The minimum absolute atomic E-state index is 0.0302. The molecule has 1 saturated heterocycles. The van der Waals surface area contributed by atoms with Crippen molar-refractivity contribution in [2.45, 2.75) is 19.4 Å². The molecule has 1 aromatic rings. The molecule has 0 radical (unpaired) electrons. The number of carbonyl (C=O) groups is 2. The fraction of sp³-hybridized carbons (Fsp3) is 0.500. The van der Waals surface area contributed by atoms with Gasteiger partial charge in [-0.25, -0.2) is 13.6 Å². The van der Waals surface area contributed by atoms with Gasteiger partial charge in [0.15, 0.2) is 0 Å². The van der Waals surface area contributed by atoms with E-state index in [9.17, 15) is 23.5 Å². The van der Waals surface area contributed by atoms with Crippen LogP contribution in [0.3, 0.4) is 0 Å². The number of benzene rings is 1. The van der Waals surface area contributed by atoms with Gasteiger partial charge in [0.2, 0.25) is 5.91 Å². The predicted molar refractivity (Wildman–Crippen MR) is 86.2 cm³/mol. The minimum Gasteiger partial charge on any atom is -0.465 e. The van der Waals surface area contributed by atoms with E-state index in [0.29, 0.717) is 0 Å². The molecule has 1 aliphatic heterocycles. The zero-order chi connectivity index (χ0) is 18.9. The van der Waals surface area contributed by atoms with E-state index in [4.69, 9.17) is 16.7 Å². The summed E-state index contributed by atoms with van der Waals surface area (Å²) in [4.78, 5) is 23.9. The SMILES string of the molecule is C[C@@H]1CN(C(=O)CNC(=O)O)C[C@H](C)C1(O)c1c(F)cc(Cl)cc1F. The van der Waals surface area contributed by atoms with E-state index < -0.39 is 53.2 Å². The Morgan fingerprint density at radius 3 is 2.20 bits per heavy atom. The van der Waals surface area contributed by atoms with Crippen LogP contribution in [0.25, 0.3) is 0 Å². The van der Waals surface area contributed by atoms with Gasteiger partial charge in [-0.2, -0.15) is 0 Å². The van der Waals surface area contributed by atoms with Crippen LogP contribution in [0, 0.1) is 23.5 Å². The quantitative estimate of drug-likeness (QED) is 0.754. The molecule has 1 heterocycles. The Balaban J connectivity index is 2.28. The average Bonchev–Trinajstić information content (AvgIpc) is 2.48. The van der Waals surface area contributed by atoms with Gasteiger partial charge in [-0.15, -0.1) is 0 Å². The summed E-state index contributed by atoms with van der Waals surface area (Å²) in [5.41, 5.74) is -2.29. The zero-order valence-electron chi connectivity index (χ0n) is 13.7. The molecule has 1 aliphatic rings. The summed E-state index contributed by atoms with van der Waals surface area (Å²) in [6, 6.07) is 1.87. The van der Waals surface area contributed by atoms with Crippen LogP contribution < -0.4 is 5.32 Å². The summed E-state index contributed by atoms with van der Waals surface area (Å²) in [6.07, 6.45) is -1.33. The van der Waals surface area contributed by atoms with Gasteiger partial charge in [0.05, 0.1) is 5.56 Å². The van der Waals surface area contributed by atoms with Crippen molar-refractivity contribution in [1.29, 1.82) is 0 Å². The van der Waals surface area contributed by atoms with Crippen molar-refractivity contribution in [2.24, 2.45) is 11.8 Å². The molecule has 9 heteroatoms. The Labute approximate surface area is 148 Å². The number of nitrogens with zero attached hydrogens (tertiary/aromatic N) is 1.